The van der Waals surface area contributed by atoms with Gasteiger partial charge in [-0.25, -0.2) is 0 Å². The van der Waals surface area contributed by atoms with Crippen LogP contribution in [0.4, 0.5) is 0 Å². The number of amides is 1. The lowest BCUT2D eigenvalue weighted by atomic mass is 10.0. The molecule has 1 atom stereocenters. The lowest BCUT2D eigenvalue weighted by Crippen LogP contribution is -2.34. The molecule has 0 bridgehead atoms. The van der Waals surface area contributed by atoms with Gasteiger partial charge in [-0.05, 0) is 31.6 Å². The van der Waals surface area contributed by atoms with Crippen molar-refractivity contribution in [2.45, 2.75) is 32.7 Å². The molecule has 0 spiro atoms. The number of aromatic nitrogens is 1. The lowest BCUT2D eigenvalue weighted by Gasteiger charge is -2.27. The summed E-state index contributed by atoms with van der Waals surface area (Å²) in [4.78, 5) is 24.9. The van der Waals surface area contributed by atoms with E-state index in [1.165, 1.54) is 0 Å². The number of allylic oxidation sites excluding steroid dienone is 3. The molecule has 2 aliphatic rings. The Morgan fingerprint density at radius 1 is 1.41 bits per heavy atom. The smallest absolute Gasteiger partial charge is 0.207 e. The van der Waals surface area contributed by atoms with Gasteiger partial charge in [0.25, 0.3) is 0 Å². The van der Waals surface area contributed by atoms with Crippen molar-refractivity contribution in [3.05, 3.63) is 71.4 Å². The van der Waals surface area contributed by atoms with Crippen LogP contribution in [0.2, 0.25) is 0 Å². The van der Waals surface area contributed by atoms with E-state index in [4.69, 9.17) is 11.5 Å². The molecule has 3 rings (SSSR count). The van der Waals surface area contributed by atoms with Crippen molar-refractivity contribution < 1.29 is 4.79 Å². The van der Waals surface area contributed by atoms with Gasteiger partial charge >= 0.3 is 0 Å². The minimum Gasteiger partial charge on any atom is -0.398 e. The molecule has 1 amide bonds. The number of likely N-dealkylation sites (N-methyl/N-ethyl adjacent to an activating group) is 1. The molecule has 0 saturated carbocycles. The SMILES string of the molecule is CCC(NC=O)C1=NC=CC=CC1.CN=C1C=C(N)/C(=C(\N)c2ccnc(C)c2)CN1C. The third kappa shape index (κ3) is 6.66. The summed E-state index contributed by atoms with van der Waals surface area (Å²) in [5, 5.41) is 2.75. The Balaban J connectivity index is 0.000000244. The second-order valence-electron chi connectivity index (χ2n) is 7.46. The van der Waals surface area contributed by atoms with E-state index in [-0.39, 0.29) is 6.04 Å². The highest BCUT2D eigenvalue weighted by molar-refractivity contribution is 5.96. The highest BCUT2D eigenvalue weighted by Gasteiger charge is 2.19. The quantitative estimate of drug-likeness (QED) is 0.613. The molecule has 0 aromatic carbocycles. The van der Waals surface area contributed by atoms with E-state index in [0.29, 0.717) is 17.9 Å². The maximum Gasteiger partial charge on any atom is 0.207 e. The maximum atomic E-state index is 10.3. The largest absolute Gasteiger partial charge is 0.398 e. The average Bonchev–Trinajstić information content (AvgIpc) is 3.08. The first-order valence-corrected chi connectivity index (χ1v) is 10.6. The molecule has 0 aliphatic carbocycles. The van der Waals surface area contributed by atoms with E-state index in [9.17, 15) is 4.79 Å². The molecule has 8 heteroatoms. The van der Waals surface area contributed by atoms with Crippen molar-refractivity contribution >= 4 is 23.7 Å². The van der Waals surface area contributed by atoms with Crippen molar-refractivity contribution in [2.75, 3.05) is 20.6 Å². The number of carbonyl (C=O) groups excluding carboxylic acids is 1. The van der Waals surface area contributed by atoms with E-state index < -0.39 is 0 Å². The monoisotopic (exact) mass is 435 g/mol. The van der Waals surface area contributed by atoms with Crippen LogP contribution in [-0.2, 0) is 4.79 Å². The van der Waals surface area contributed by atoms with E-state index >= 15 is 0 Å². The molecule has 8 nitrogen and oxygen atoms in total. The molecule has 32 heavy (non-hydrogen) atoms. The summed E-state index contributed by atoms with van der Waals surface area (Å²) in [7, 11) is 3.72. The van der Waals surface area contributed by atoms with E-state index in [0.717, 1.165) is 47.6 Å². The minimum atomic E-state index is 0.0740. The number of hydrogen-bond acceptors (Lipinski definition) is 6. The summed E-state index contributed by atoms with van der Waals surface area (Å²) in [6, 6.07) is 3.93. The predicted octanol–water partition coefficient (Wildman–Crippen LogP) is 2.30. The molecule has 1 aromatic rings. The zero-order valence-corrected chi connectivity index (χ0v) is 19.2. The number of aliphatic imine (C=N–C) groups is 2. The Labute approximate surface area is 190 Å². The highest BCUT2D eigenvalue weighted by Crippen LogP contribution is 2.21. The van der Waals surface area contributed by atoms with Crippen LogP contribution in [0, 0.1) is 6.92 Å². The van der Waals surface area contributed by atoms with Crippen LogP contribution in [0.5, 0.6) is 0 Å². The van der Waals surface area contributed by atoms with Crippen molar-refractivity contribution in [3.63, 3.8) is 0 Å². The molecular formula is C24H33N7O. The fourth-order valence-electron chi connectivity index (χ4n) is 3.38. The predicted molar refractivity (Wildman–Crippen MR) is 132 cm³/mol. The van der Waals surface area contributed by atoms with Gasteiger partial charge in [-0.1, -0.05) is 19.1 Å². The van der Waals surface area contributed by atoms with Crippen LogP contribution in [0.15, 0.2) is 70.1 Å². The number of hydrogen-bond donors (Lipinski definition) is 3. The standard InChI is InChI=1S/C14H19N5.C10H14N2O/c1-9-6-10(4-5-18-9)14(16)11-8-19(3)13(17-2)7-12(11)15;1-2-9(12-8-13)10-6-4-3-5-7-11-10/h4-7H,8,15-16H2,1-3H3;3-5,7-9H,2,6H2,1H3,(H,12,13)/b14-11-,17-13?;. The highest BCUT2D eigenvalue weighted by atomic mass is 16.1. The van der Waals surface area contributed by atoms with Gasteiger partial charge < -0.3 is 21.7 Å². The number of amidine groups is 1. The number of rotatable bonds is 5. The second-order valence-corrected chi connectivity index (χ2v) is 7.46. The third-order valence-corrected chi connectivity index (χ3v) is 5.16. The van der Waals surface area contributed by atoms with Gasteiger partial charge in [0.1, 0.15) is 5.84 Å². The van der Waals surface area contributed by atoms with Crippen LogP contribution in [-0.4, -0.2) is 54.5 Å². The first kappa shape index (κ1) is 24.6. The summed E-state index contributed by atoms with van der Waals surface area (Å²) in [6.07, 6.45) is 13.7. The Hall–Kier alpha value is -3.68. The molecule has 1 aromatic heterocycles. The number of pyridine rings is 1. The summed E-state index contributed by atoms with van der Waals surface area (Å²) in [5.74, 6) is 0.861. The first-order chi connectivity index (χ1) is 15.4. The number of nitrogens with two attached hydrogens (primary N) is 2. The van der Waals surface area contributed by atoms with Crippen molar-refractivity contribution in [2.24, 2.45) is 21.5 Å². The summed E-state index contributed by atoms with van der Waals surface area (Å²) >= 11 is 0. The minimum absolute atomic E-state index is 0.0740. The van der Waals surface area contributed by atoms with Crippen LogP contribution in [0.3, 0.4) is 0 Å². The zero-order chi connectivity index (χ0) is 23.5. The van der Waals surface area contributed by atoms with Gasteiger partial charge in [-0.3, -0.25) is 19.8 Å². The van der Waals surface area contributed by atoms with E-state index in [1.807, 2.05) is 62.2 Å². The van der Waals surface area contributed by atoms with Crippen molar-refractivity contribution in [1.82, 2.24) is 15.2 Å². The molecule has 0 fully saturated rings. The van der Waals surface area contributed by atoms with Gasteiger partial charge in [0, 0.05) is 79.5 Å². The summed E-state index contributed by atoms with van der Waals surface area (Å²) < 4.78 is 0. The molecule has 0 saturated heterocycles. The Bertz CT molecular complexity index is 986. The molecular weight excluding hydrogens is 402 g/mol. The first-order valence-electron chi connectivity index (χ1n) is 10.6. The molecule has 1 unspecified atom stereocenters. The number of carbonyl (C=O) groups is 1. The fraction of sp³-hybridized carbons (Fsp3) is 0.333. The maximum absolute atomic E-state index is 10.3. The topological polar surface area (TPSA) is 122 Å². The van der Waals surface area contributed by atoms with E-state index in [2.05, 4.69) is 20.3 Å². The molecule has 170 valence electrons. The Morgan fingerprint density at radius 2 is 2.19 bits per heavy atom. The summed E-state index contributed by atoms with van der Waals surface area (Å²) in [6.45, 7) is 4.62. The number of nitrogens with one attached hydrogen (secondary N) is 1. The fourth-order valence-corrected chi connectivity index (χ4v) is 3.38. The van der Waals surface area contributed by atoms with Crippen molar-refractivity contribution in [1.29, 1.82) is 0 Å². The van der Waals surface area contributed by atoms with Gasteiger partial charge in [-0.2, -0.15) is 0 Å². The second kappa shape index (κ2) is 12.2. The van der Waals surface area contributed by atoms with Gasteiger partial charge in [-0.15, -0.1) is 0 Å². The van der Waals surface area contributed by atoms with Gasteiger partial charge in [0.05, 0.1) is 6.04 Å². The Morgan fingerprint density at radius 3 is 2.84 bits per heavy atom. The number of nitrogens with zero attached hydrogens (tertiary/aromatic N) is 4. The van der Waals surface area contributed by atoms with E-state index in [1.54, 1.807) is 19.4 Å². The van der Waals surface area contributed by atoms with Crippen LogP contribution in [0.1, 0.15) is 31.0 Å². The van der Waals surface area contributed by atoms with Crippen LogP contribution >= 0.6 is 0 Å². The zero-order valence-electron chi connectivity index (χ0n) is 19.2. The van der Waals surface area contributed by atoms with Crippen LogP contribution < -0.4 is 16.8 Å². The average molecular weight is 436 g/mol. The van der Waals surface area contributed by atoms with Gasteiger partial charge in [0.15, 0.2) is 0 Å². The number of aryl methyl sites for hydroxylation is 1. The summed E-state index contributed by atoms with van der Waals surface area (Å²) in [5.41, 5.74) is 17.5. The third-order valence-electron chi connectivity index (χ3n) is 5.16. The molecule has 3 heterocycles. The van der Waals surface area contributed by atoms with Gasteiger partial charge in [0.2, 0.25) is 6.41 Å². The normalized spacial score (nSPS) is 19.2. The Kier molecular flexibility index (Phi) is 9.41. The lowest BCUT2D eigenvalue weighted by molar-refractivity contribution is -0.109. The van der Waals surface area contributed by atoms with Crippen LogP contribution in [0.25, 0.3) is 5.70 Å². The molecule has 0 radical (unpaired) electrons. The molecule has 2 aliphatic heterocycles. The van der Waals surface area contributed by atoms with Crippen molar-refractivity contribution in [3.8, 4) is 0 Å². The molecule has 5 N–H and O–H groups in total.